The van der Waals surface area contributed by atoms with Gasteiger partial charge in [0.15, 0.2) is 0 Å². The Balaban J connectivity index is 2.18. The van der Waals surface area contributed by atoms with E-state index in [0.29, 0.717) is 4.31 Å². The minimum absolute atomic E-state index is 0.111. The first-order chi connectivity index (χ1) is 11.6. The van der Waals surface area contributed by atoms with Crippen LogP contribution in [-0.4, -0.2) is 20.1 Å². The molecule has 6 nitrogen and oxygen atoms in total. The number of ether oxygens (including phenoxy) is 1. The summed E-state index contributed by atoms with van der Waals surface area (Å²) in [6.07, 6.45) is -1.04. The smallest absolute Gasteiger partial charge is 0.430 e. The molecule has 1 amide bonds. The van der Waals surface area contributed by atoms with Crippen LogP contribution in [0.25, 0.3) is 0 Å². The number of hydrogen-bond donors (Lipinski definition) is 0. The van der Waals surface area contributed by atoms with E-state index in [2.05, 4.69) is 0 Å². The van der Waals surface area contributed by atoms with E-state index in [-0.39, 0.29) is 17.1 Å². The van der Waals surface area contributed by atoms with E-state index in [0.717, 1.165) is 10.4 Å². The lowest BCUT2D eigenvalue weighted by atomic mass is 10.2. The van der Waals surface area contributed by atoms with Gasteiger partial charge in [-0.25, -0.2) is 13.5 Å². The molecule has 0 unspecified atom stereocenters. The van der Waals surface area contributed by atoms with Gasteiger partial charge in [0, 0.05) is 0 Å². The van der Waals surface area contributed by atoms with Gasteiger partial charge in [-0.1, -0.05) is 24.3 Å². The zero-order chi connectivity index (χ0) is 18.4. The van der Waals surface area contributed by atoms with E-state index in [9.17, 15) is 17.6 Å². The highest BCUT2D eigenvalue weighted by molar-refractivity contribution is 7.95. The summed E-state index contributed by atoms with van der Waals surface area (Å²) in [5.41, 5.74) is -0.757. The molecule has 8 heteroatoms. The number of carbonyl (C=O) groups is 1. The Hall–Kier alpha value is -2.61. The average Bonchev–Trinajstić information content (AvgIpc) is 2.72. The summed E-state index contributed by atoms with van der Waals surface area (Å²) in [6, 6.07) is 11.6. The van der Waals surface area contributed by atoms with Crippen molar-refractivity contribution in [2.24, 2.45) is 0 Å². The minimum atomic E-state index is -4.38. The maximum atomic E-state index is 14.2. The topological polar surface area (TPSA) is 66.9 Å². The Morgan fingerprint density at radius 1 is 0.960 bits per heavy atom. The van der Waals surface area contributed by atoms with Gasteiger partial charge in [0.25, 0.3) is 0 Å². The van der Waals surface area contributed by atoms with Gasteiger partial charge in [0.1, 0.15) is 11.4 Å². The van der Waals surface area contributed by atoms with Gasteiger partial charge in [-0.15, -0.1) is 0 Å². The van der Waals surface area contributed by atoms with E-state index < -0.39 is 27.7 Å². The van der Waals surface area contributed by atoms with Gasteiger partial charge in [-0.3, -0.25) is 0 Å². The minimum Gasteiger partial charge on any atom is -0.443 e. The molecule has 0 aliphatic carbocycles. The maximum absolute atomic E-state index is 14.2. The number of nitrogens with zero attached hydrogens (tertiary/aromatic N) is 2. The molecule has 1 heterocycles. The third-order valence-corrected chi connectivity index (χ3v) is 5.07. The lowest BCUT2D eigenvalue weighted by molar-refractivity contribution is 0.0610. The highest BCUT2D eigenvalue weighted by Crippen LogP contribution is 2.46. The summed E-state index contributed by atoms with van der Waals surface area (Å²) in [5, 5.41) is 0. The number of rotatable bonds is 1. The fraction of sp³-hybridized carbons (Fsp3) is 0.235. The van der Waals surface area contributed by atoms with Crippen molar-refractivity contribution in [2.45, 2.75) is 26.4 Å². The van der Waals surface area contributed by atoms with Crippen molar-refractivity contribution in [3.05, 3.63) is 54.3 Å². The molecule has 3 rings (SSSR count). The molecule has 2 aromatic carbocycles. The second-order valence-corrected chi connectivity index (χ2v) is 8.08. The van der Waals surface area contributed by atoms with Crippen LogP contribution in [0.15, 0.2) is 48.5 Å². The standard InChI is InChI=1S/C17H17FN2O4S/c1-17(2,3)24-16(21)20-15-11-7-6-10-14(15)19(25(20,22)23)13-9-5-4-8-12(13)18/h4-11H,1-3H3. The molecule has 132 valence electrons. The van der Waals surface area contributed by atoms with Crippen LogP contribution in [0.4, 0.5) is 26.2 Å². The molecule has 0 radical (unpaired) electrons. The Bertz CT molecular complexity index is 938. The highest BCUT2D eigenvalue weighted by atomic mass is 32.2. The van der Waals surface area contributed by atoms with E-state index in [1.165, 1.54) is 30.3 Å². The number of carbonyl (C=O) groups excluding carboxylic acids is 1. The largest absolute Gasteiger partial charge is 0.443 e. The first-order valence-corrected chi connectivity index (χ1v) is 8.95. The maximum Gasteiger partial charge on any atom is 0.430 e. The molecule has 0 fully saturated rings. The Morgan fingerprint density at radius 2 is 1.48 bits per heavy atom. The third kappa shape index (κ3) is 2.93. The van der Waals surface area contributed by atoms with Gasteiger partial charge in [0.2, 0.25) is 0 Å². The molecule has 0 atom stereocenters. The quantitative estimate of drug-likeness (QED) is 0.768. The van der Waals surface area contributed by atoms with Crippen molar-refractivity contribution in [1.82, 2.24) is 0 Å². The van der Waals surface area contributed by atoms with Gasteiger partial charge in [-0.2, -0.15) is 12.7 Å². The SMILES string of the molecule is CC(C)(C)OC(=O)N1c2ccccc2N(c2ccccc2F)S1(=O)=O. The number of halogens is 1. The van der Waals surface area contributed by atoms with Crippen LogP contribution in [0.1, 0.15) is 20.8 Å². The fourth-order valence-corrected chi connectivity index (χ4v) is 4.10. The molecule has 1 aliphatic rings. The summed E-state index contributed by atoms with van der Waals surface area (Å²) >= 11 is 0. The summed E-state index contributed by atoms with van der Waals surface area (Å²) in [7, 11) is -4.38. The summed E-state index contributed by atoms with van der Waals surface area (Å²) in [6.45, 7) is 4.90. The first-order valence-electron chi connectivity index (χ1n) is 7.55. The van der Waals surface area contributed by atoms with Gasteiger partial charge in [-0.05, 0) is 45.0 Å². The molecule has 0 saturated carbocycles. The second kappa shape index (κ2) is 5.73. The molecular formula is C17H17FN2O4S. The molecule has 0 aromatic heterocycles. The summed E-state index contributed by atoms with van der Waals surface area (Å²) < 4.78 is 46.8. The lowest BCUT2D eigenvalue weighted by Gasteiger charge is -2.25. The van der Waals surface area contributed by atoms with Crippen molar-refractivity contribution in [2.75, 3.05) is 8.61 Å². The number of amides is 1. The number of benzene rings is 2. The zero-order valence-electron chi connectivity index (χ0n) is 13.9. The Labute approximate surface area is 145 Å². The number of para-hydroxylation sites is 3. The third-order valence-electron chi connectivity index (χ3n) is 3.41. The summed E-state index contributed by atoms with van der Waals surface area (Å²) in [5.74, 6) is -0.716. The lowest BCUT2D eigenvalue weighted by Crippen LogP contribution is -2.42. The van der Waals surface area contributed by atoms with Gasteiger partial charge < -0.3 is 4.74 Å². The van der Waals surface area contributed by atoms with Crippen molar-refractivity contribution in [1.29, 1.82) is 0 Å². The van der Waals surface area contributed by atoms with E-state index in [1.807, 2.05) is 0 Å². The second-order valence-electron chi connectivity index (χ2n) is 6.46. The number of hydrogen-bond acceptors (Lipinski definition) is 4. The van der Waals surface area contributed by atoms with Crippen LogP contribution in [0.3, 0.4) is 0 Å². The van der Waals surface area contributed by atoms with Crippen LogP contribution < -0.4 is 8.61 Å². The molecule has 0 N–H and O–H groups in total. The van der Waals surface area contributed by atoms with E-state index >= 15 is 0 Å². The van der Waals surface area contributed by atoms with Crippen LogP contribution in [-0.2, 0) is 14.9 Å². The normalized spacial score (nSPS) is 15.8. The Kier molecular flexibility index (Phi) is 3.95. The monoisotopic (exact) mass is 364 g/mol. The van der Waals surface area contributed by atoms with E-state index in [1.54, 1.807) is 32.9 Å². The van der Waals surface area contributed by atoms with Crippen molar-refractivity contribution in [3.63, 3.8) is 0 Å². The van der Waals surface area contributed by atoms with Gasteiger partial charge >= 0.3 is 16.3 Å². The predicted molar refractivity (Wildman–Crippen MR) is 92.6 cm³/mol. The highest BCUT2D eigenvalue weighted by Gasteiger charge is 2.47. The average molecular weight is 364 g/mol. The zero-order valence-corrected chi connectivity index (χ0v) is 14.7. The summed E-state index contributed by atoms with van der Waals surface area (Å²) in [4.78, 5) is 12.5. The van der Waals surface area contributed by atoms with E-state index in [4.69, 9.17) is 4.74 Å². The number of fused-ring (bicyclic) bond motifs is 1. The molecule has 25 heavy (non-hydrogen) atoms. The van der Waals surface area contributed by atoms with Crippen LogP contribution >= 0.6 is 0 Å². The fourth-order valence-electron chi connectivity index (χ4n) is 2.50. The van der Waals surface area contributed by atoms with Crippen molar-refractivity contribution < 1.29 is 22.3 Å². The molecule has 0 saturated heterocycles. The first kappa shape index (κ1) is 17.2. The van der Waals surface area contributed by atoms with Crippen LogP contribution in [0.2, 0.25) is 0 Å². The molecule has 0 bridgehead atoms. The number of anilines is 3. The van der Waals surface area contributed by atoms with Crippen molar-refractivity contribution >= 4 is 33.4 Å². The van der Waals surface area contributed by atoms with Crippen molar-refractivity contribution in [3.8, 4) is 0 Å². The van der Waals surface area contributed by atoms with Crippen LogP contribution in [0, 0.1) is 5.82 Å². The molecule has 2 aromatic rings. The van der Waals surface area contributed by atoms with Gasteiger partial charge in [0.05, 0.1) is 17.1 Å². The predicted octanol–water partition coefficient (Wildman–Crippen LogP) is 3.96. The molecule has 1 aliphatic heterocycles. The molecule has 0 spiro atoms. The Morgan fingerprint density at radius 3 is 2.04 bits per heavy atom. The molecular weight excluding hydrogens is 347 g/mol. The van der Waals surface area contributed by atoms with Crippen LogP contribution in [0.5, 0.6) is 0 Å².